The molecule has 0 atom stereocenters. The second-order valence-corrected chi connectivity index (χ2v) is 6.64. The monoisotopic (exact) mass is 433 g/mol. The molecule has 1 amide bonds. The molecule has 0 fully saturated rings. The first kappa shape index (κ1) is 19.1. The van der Waals surface area contributed by atoms with Gasteiger partial charge in [0, 0.05) is 17.1 Å². The molecule has 0 spiro atoms. The summed E-state index contributed by atoms with van der Waals surface area (Å²) in [6.45, 7) is 0.729. The van der Waals surface area contributed by atoms with Gasteiger partial charge < -0.3 is 24.3 Å². The summed E-state index contributed by atoms with van der Waals surface area (Å²) in [6.07, 6.45) is 3.90. The third-order valence-electron chi connectivity index (χ3n) is 4.07. The molecule has 0 saturated heterocycles. The van der Waals surface area contributed by atoms with Gasteiger partial charge in [-0.15, -0.1) is 0 Å². The zero-order valence-corrected chi connectivity index (χ0v) is 16.7. The van der Waals surface area contributed by atoms with Crippen molar-refractivity contribution in [3.8, 4) is 23.0 Å². The molecule has 27 heavy (non-hydrogen) atoms. The van der Waals surface area contributed by atoms with Crippen LogP contribution in [0.3, 0.4) is 0 Å². The van der Waals surface area contributed by atoms with E-state index in [1.165, 1.54) is 6.08 Å². The first-order valence-electron chi connectivity index (χ1n) is 8.36. The van der Waals surface area contributed by atoms with Crippen LogP contribution in [0.4, 0.5) is 0 Å². The molecular formula is C20H20BrNO5. The minimum absolute atomic E-state index is 0.163. The van der Waals surface area contributed by atoms with Gasteiger partial charge in [0.25, 0.3) is 0 Å². The minimum Gasteiger partial charge on any atom is -0.493 e. The van der Waals surface area contributed by atoms with Gasteiger partial charge in [-0.05, 0) is 47.9 Å². The number of benzene rings is 2. The van der Waals surface area contributed by atoms with E-state index in [2.05, 4.69) is 21.2 Å². The van der Waals surface area contributed by atoms with E-state index in [0.717, 1.165) is 21.3 Å². The Morgan fingerprint density at radius 1 is 1.15 bits per heavy atom. The average molecular weight is 434 g/mol. The molecule has 1 aliphatic heterocycles. The van der Waals surface area contributed by atoms with Gasteiger partial charge in [0.1, 0.15) is 0 Å². The number of carbonyl (C=O) groups is 1. The second kappa shape index (κ2) is 8.81. The molecule has 0 unspecified atom stereocenters. The van der Waals surface area contributed by atoms with Crippen LogP contribution in [-0.2, 0) is 11.2 Å². The normalized spacial score (nSPS) is 12.3. The number of carbonyl (C=O) groups excluding carboxylic acids is 1. The highest BCUT2D eigenvalue weighted by Crippen LogP contribution is 2.34. The zero-order valence-electron chi connectivity index (χ0n) is 15.1. The van der Waals surface area contributed by atoms with Crippen LogP contribution in [0.25, 0.3) is 6.08 Å². The fourth-order valence-corrected chi connectivity index (χ4v) is 3.18. The molecule has 0 aromatic heterocycles. The fraction of sp³-hybridized carbons (Fsp3) is 0.250. The Hall–Kier alpha value is -2.67. The molecule has 7 heteroatoms. The number of hydrogen-bond donors (Lipinski definition) is 1. The van der Waals surface area contributed by atoms with Crippen LogP contribution < -0.4 is 24.3 Å². The molecule has 3 rings (SSSR count). The number of methoxy groups -OCH3 is 2. The summed E-state index contributed by atoms with van der Waals surface area (Å²) in [7, 11) is 3.19. The third-order valence-corrected chi connectivity index (χ3v) is 4.81. The van der Waals surface area contributed by atoms with E-state index >= 15 is 0 Å². The van der Waals surface area contributed by atoms with Crippen LogP contribution in [0.5, 0.6) is 23.0 Å². The van der Waals surface area contributed by atoms with E-state index in [0.29, 0.717) is 30.2 Å². The van der Waals surface area contributed by atoms with Crippen molar-refractivity contribution in [2.75, 3.05) is 27.6 Å². The lowest BCUT2D eigenvalue weighted by molar-refractivity contribution is -0.116. The highest BCUT2D eigenvalue weighted by Gasteiger charge is 2.12. The van der Waals surface area contributed by atoms with E-state index in [1.807, 2.05) is 30.3 Å². The number of nitrogens with one attached hydrogen (secondary N) is 1. The predicted octanol–water partition coefficient (Wildman–Crippen LogP) is 3.57. The van der Waals surface area contributed by atoms with Crippen molar-refractivity contribution in [3.63, 3.8) is 0 Å². The molecule has 0 saturated carbocycles. The summed E-state index contributed by atoms with van der Waals surface area (Å²) >= 11 is 3.52. The lowest BCUT2D eigenvalue weighted by Gasteiger charge is -2.12. The minimum atomic E-state index is -0.163. The lowest BCUT2D eigenvalue weighted by Crippen LogP contribution is -2.23. The van der Waals surface area contributed by atoms with Crippen molar-refractivity contribution in [1.82, 2.24) is 5.32 Å². The summed E-state index contributed by atoms with van der Waals surface area (Å²) in [5.41, 5.74) is 1.89. The Morgan fingerprint density at radius 2 is 1.89 bits per heavy atom. The quantitative estimate of drug-likeness (QED) is 0.676. The van der Waals surface area contributed by atoms with Crippen molar-refractivity contribution in [2.45, 2.75) is 6.42 Å². The highest BCUT2D eigenvalue weighted by molar-refractivity contribution is 9.10. The van der Waals surface area contributed by atoms with Gasteiger partial charge in [-0.2, -0.15) is 0 Å². The maximum atomic E-state index is 12.0. The largest absolute Gasteiger partial charge is 0.493 e. The lowest BCUT2D eigenvalue weighted by atomic mass is 10.1. The van der Waals surface area contributed by atoms with E-state index in [1.54, 1.807) is 20.3 Å². The topological polar surface area (TPSA) is 66.0 Å². The van der Waals surface area contributed by atoms with E-state index in [-0.39, 0.29) is 12.7 Å². The van der Waals surface area contributed by atoms with Crippen molar-refractivity contribution in [1.29, 1.82) is 0 Å². The summed E-state index contributed by atoms with van der Waals surface area (Å²) in [4.78, 5) is 12.0. The maximum Gasteiger partial charge on any atom is 0.244 e. The smallest absolute Gasteiger partial charge is 0.244 e. The molecule has 0 radical (unpaired) electrons. The fourth-order valence-electron chi connectivity index (χ4n) is 2.66. The number of ether oxygens (including phenoxy) is 4. The molecule has 1 heterocycles. The van der Waals surface area contributed by atoms with Gasteiger partial charge in [0.15, 0.2) is 23.0 Å². The predicted molar refractivity (Wildman–Crippen MR) is 106 cm³/mol. The summed E-state index contributed by atoms with van der Waals surface area (Å²) in [5, 5.41) is 2.87. The molecule has 1 N–H and O–H groups in total. The standard InChI is InChI=1S/C20H20BrNO5/c1-24-17-10-14(15(21)11-18(17)25-2)7-8-22-20(23)6-4-13-3-5-16-19(9-13)27-12-26-16/h3-6,9-11H,7-8,12H2,1-2H3,(H,22,23). The van der Waals surface area contributed by atoms with Crippen molar-refractivity contribution in [2.24, 2.45) is 0 Å². The highest BCUT2D eigenvalue weighted by atomic mass is 79.9. The number of rotatable bonds is 7. The molecule has 6 nitrogen and oxygen atoms in total. The van der Waals surface area contributed by atoms with Gasteiger partial charge in [-0.3, -0.25) is 4.79 Å². The Morgan fingerprint density at radius 3 is 2.67 bits per heavy atom. The van der Waals surface area contributed by atoms with Gasteiger partial charge >= 0.3 is 0 Å². The van der Waals surface area contributed by atoms with Crippen LogP contribution in [-0.4, -0.2) is 33.5 Å². The first-order valence-corrected chi connectivity index (χ1v) is 9.16. The van der Waals surface area contributed by atoms with E-state index < -0.39 is 0 Å². The molecule has 142 valence electrons. The first-order chi connectivity index (χ1) is 13.1. The van der Waals surface area contributed by atoms with E-state index in [9.17, 15) is 4.79 Å². The number of fused-ring (bicyclic) bond motifs is 1. The number of amides is 1. The van der Waals surface area contributed by atoms with Gasteiger partial charge in [-0.1, -0.05) is 22.0 Å². The average Bonchev–Trinajstić information content (AvgIpc) is 3.15. The summed E-state index contributed by atoms with van der Waals surface area (Å²) < 4.78 is 22.1. The SMILES string of the molecule is COc1cc(Br)c(CCNC(=O)C=Cc2ccc3c(c2)OCO3)cc1OC. The van der Waals surface area contributed by atoms with Gasteiger partial charge in [0.05, 0.1) is 14.2 Å². The van der Waals surface area contributed by atoms with Gasteiger partial charge in [0.2, 0.25) is 12.7 Å². The Labute approximate surface area is 166 Å². The number of halogens is 1. The molecule has 0 aliphatic carbocycles. The second-order valence-electron chi connectivity index (χ2n) is 5.79. The molecule has 0 bridgehead atoms. The Kier molecular flexibility index (Phi) is 6.24. The van der Waals surface area contributed by atoms with Gasteiger partial charge in [-0.25, -0.2) is 0 Å². The van der Waals surface area contributed by atoms with Crippen LogP contribution in [0.15, 0.2) is 40.9 Å². The maximum absolute atomic E-state index is 12.0. The van der Waals surface area contributed by atoms with Crippen LogP contribution in [0.1, 0.15) is 11.1 Å². The van der Waals surface area contributed by atoms with Crippen molar-refractivity contribution in [3.05, 3.63) is 52.0 Å². The molecule has 1 aliphatic rings. The van der Waals surface area contributed by atoms with E-state index in [4.69, 9.17) is 18.9 Å². The summed E-state index contributed by atoms with van der Waals surface area (Å²) in [5.74, 6) is 2.56. The Balaban J connectivity index is 1.54. The zero-order chi connectivity index (χ0) is 19.2. The van der Waals surface area contributed by atoms with Crippen LogP contribution in [0.2, 0.25) is 0 Å². The number of hydrogen-bond acceptors (Lipinski definition) is 5. The van der Waals surface area contributed by atoms with Crippen LogP contribution >= 0.6 is 15.9 Å². The van der Waals surface area contributed by atoms with Crippen molar-refractivity contribution >= 4 is 27.9 Å². The summed E-state index contributed by atoms with van der Waals surface area (Å²) in [6, 6.07) is 9.30. The van der Waals surface area contributed by atoms with Crippen LogP contribution in [0, 0.1) is 0 Å². The Bertz CT molecular complexity index is 866. The molecule has 2 aromatic carbocycles. The molecular weight excluding hydrogens is 414 g/mol. The molecule has 2 aromatic rings. The third kappa shape index (κ3) is 4.74. The van der Waals surface area contributed by atoms with Crippen molar-refractivity contribution < 1.29 is 23.7 Å².